The third-order valence-electron chi connectivity index (χ3n) is 6.29. The van der Waals surface area contributed by atoms with E-state index >= 15 is 0 Å². The molecule has 0 bridgehead atoms. The Hall–Kier alpha value is -3.04. The van der Waals surface area contributed by atoms with Crippen molar-refractivity contribution in [1.82, 2.24) is 4.90 Å². The number of methoxy groups -OCH3 is 1. The first-order valence-electron chi connectivity index (χ1n) is 11.8. The summed E-state index contributed by atoms with van der Waals surface area (Å²) in [5.41, 5.74) is 7.54. The number of rotatable bonds is 9. The molecule has 1 saturated heterocycles. The van der Waals surface area contributed by atoms with Gasteiger partial charge in [0, 0.05) is 18.8 Å². The molecule has 4 rings (SSSR count). The van der Waals surface area contributed by atoms with Crippen LogP contribution >= 0.6 is 0 Å². The molecule has 1 N–H and O–H groups in total. The van der Waals surface area contributed by atoms with Gasteiger partial charge in [0.15, 0.2) is 0 Å². The van der Waals surface area contributed by atoms with E-state index in [9.17, 15) is 0 Å². The first-order valence-corrected chi connectivity index (χ1v) is 11.8. The summed E-state index contributed by atoms with van der Waals surface area (Å²) in [7, 11) is 1.71. The summed E-state index contributed by atoms with van der Waals surface area (Å²) in [4.78, 5) is 2.54. The van der Waals surface area contributed by atoms with Crippen molar-refractivity contribution in [3.63, 3.8) is 0 Å². The Morgan fingerprint density at radius 1 is 0.812 bits per heavy atom. The quantitative estimate of drug-likeness (QED) is 0.392. The first-order chi connectivity index (χ1) is 15.8. The van der Waals surface area contributed by atoms with E-state index in [-0.39, 0.29) is 0 Å². The predicted octanol–water partition coefficient (Wildman–Crippen LogP) is 6.57. The zero-order chi connectivity index (χ0) is 22.2. The normalized spacial score (nSPS) is 14.8. The van der Waals surface area contributed by atoms with Gasteiger partial charge in [0.05, 0.1) is 7.11 Å². The van der Waals surface area contributed by atoms with Gasteiger partial charge in [-0.3, -0.25) is 0 Å². The number of benzene rings is 3. The van der Waals surface area contributed by atoms with E-state index in [0.29, 0.717) is 0 Å². The molecule has 32 heavy (non-hydrogen) atoms. The zero-order valence-corrected chi connectivity index (χ0v) is 19.3. The Morgan fingerprint density at radius 2 is 1.44 bits per heavy atom. The molecule has 166 valence electrons. The van der Waals surface area contributed by atoms with Gasteiger partial charge in [-0.2, -0.15) is 0 Å². The fourth-order valence-electron chi connectivity index (χ4n) is 4.56. The Morgan fingerprint density at radius 3 is 2.06 bits per heavy atom. The van der Waals surface area contributed by atoms with Gasteiger partial charge in [0.1, 0.15) is 5.75 Å². The lowest BCUT2D eigenvalue weighted by Gasteiger charge is -2.18. The molecule has 1 aliphatic rings. The molecule has 0 atom stereocenters. The number of anilines is 1. The smallest absolute Gasteiger partial charge is 0.118 e. The van der Waals surface area contributed by atoms with E-state index in [4.69, 9.17) is 4.74 Å². The van der Waals surface area contributed by atoms with Crippen molar-refractivity contribution in [1.29, 1.82) is 0 Å². The highest BCUT2D eigenvalue weighted by molar-refractivity contribution is 5.98. The minimum atomic E-state index is 0.884. The van der Waals surface area contributed by atoms with Crippen LogP contribution in [0.4, 0.5) is 5.69 Å². The number of nitrogens with one attached hydrogen (secondary N) is 1. The van der Waals surface area contributed by atoms with Gasteiger partial charge < -0.3 is 15.0 Å². The SMILES string of the molecule is CCC(=C(c1ccccc1)c1ccc(NCCN2CCCC2)cc1)c1ccc(OC)cc1. The number of likely N-dealkylation sites (tertiary alicyclic amines) is 1. The van der Waals surface area contributed by atoms with Crippen LogP contribution in [0.15, 0.2) is 78.9 Å². The van der Waals surface area contributed by atoms with Crippen LogP contribution in [-0.2, 0) is 0 Å². The molecular weight excluding hydrogens is 392 g/mol. The number of hydrogen-bond acceptors (Lipinski definition) is 3. The van der Waals surface area contributed by atoms with Crippen LogP contribution in [-0.4, -0.2) is 38.2 Å². The molecular formula is C29H34N2O. The van der Waals surface area contributed by atoms with E-state index in [0.717, 1.165) is 25.3 Å². The van der Waals surface area contributed by atoms with Crippen molar-refractivity contribution in [2.24, 2.45) is 0 Å². The van der Waals surface area contributed by atoms with Crippen molar-refractivity contribution < 1.29 is 4.74 Å². The number of allylic oxidation sites excluding steroid dienone is 1. The maximum atomic E-state index is 5.36. The molecule has 0 unspecified atom stereocenters. The fraction of sp³-hybridized carbons (Fsp3) is 0.310. The highest BCUT2D eigenvalue weighted by atomic mass is 16.5. The molecule has 3 aromatic rings. The van der Waals surface area contributed by atoms with Crippen LogP contribution in [0.5, 0.6) is 5.75 Å². The second-order valence-corrected chi connectivity index (χ2v) is 8.35. The lowest BCUT2D eigenvalue weighted by Crippen LogP contribution is -2.25. The number of hydrogen-bond donors (Lipinski definition) is 1. The minimum absolute atomic E-state index is 0.884. The minimum Gasteiger partial charge on any atom is -0.497 e. The topological polar surface area (TPSA) is 24.5 Å². The van der Waals surface area contributed by atoms with Crippen LogP contribution in [0.2, 0.25) is 0 Å². The molecule has 1 aliphatic heterocycles. The molecule has 1 fully saturated rings. The maximum absolute atomic E-state index is 5.36. The molecule has 0 amide bonds. The molecule has 0 spiro atoms. The van der Waals surface area contributed by atoms with Crippen LogP contribution in [0.3, 0.4) is 0 Å². The molecule has 0 aliphatic carbocycles. The summed E-state index contributed by atoms with van der Waals surface area (Å²) in [6, 6.07) is 28.1. The van der Waals surface area contributed by atoms with Crippen LogP contribution in [0.1, 0.15) is 42.9 Å². The summed E-state index contributed by atoms with van der Waals surface area (Å²) < 4.78 is 5.36. The maximum Gasteiger partial charge on any atom is 0.118 e. The third-order valence-corrected chi connectivity index (χ3v) is 6.29. The molecule has 1 heterocycles. The molecule has 0 aromatic heterocycles. The van der Waals surface area contributed by atoms with Gasteiger partial charge in [-0.15, -0.1) is 0 Å². The van der Waals surface area contributed by atoms with Gasteiger partial charge in [-0.1, -0.05) is 61.5 Å². The molecule has 3 aromatic carbocycles. The second kappa shape index (κ2) is 11.0. The molecule has 3 nitrogen and oxygen atoms in total. The van der Waals surface area contributed by atoms with Gasteiger partial charge in [0.25, 0.3) is 0 Å². The van der Waals surface area contributed by atoms with Crippen molar-refractivity contribution in [2.75, 3.05) is 38.6 Å². The summed E-state index contributed by atoms with van der Waals surface area (Å²) in [5.74, 6) is 0.884. The molecule has 0 radical (unpaired) electrons. The Balaban J connectivity index is 1.62. The van der Waals surface area contributed by atoms with Crippen molar-refractivity contribution in [3.8, 4) is 5.75 Å². The standard InChI is InChI=1S/C29H34N2O/c1-3-28(23-13-17-27(32-2)18-14-23)29(24-9-5-4-6-10-24)25-11-15-26(16-12-25)30-19-22-31-20-7-8-21-31/h4-6,9-18,30H,3,7-8,19-22H2,1-2H3. The van der Waals surface area contributed by atoms with Gasteiger partial charge in [-0.25, -0.2) is 0 Å². The van der Waals surface area contributed by atoms with Crippen LogP contribution in [0, 0.1) is 0 Å². The van der Waals surface area contributed by atoms with Crippen LogP contribution in [0.25, 0.3) is 11.1 Å². The van der Waals surface area contributed by atoms with Gasteiger partial charge in [-0.05, 0) is 84.5 Å². The average molecular weight is 427 g/mol. The zero-order valence-electron chi connectivity index (χ0n) is 19.3. The summed E-state index contributed by atoms with van der Waals surface area (Å²) in [6.45, 7) is 6.84. The molecule has 0 saturated carbocycles. The van der Waals surface area contributed by atoms with Crippen molar-refractivity contribution >= 4 is 16.8 Å². The van der Waals surface area contributed by atoms with Gasteiger partial charge >= 0.3 is 0 Å². The van der Waals surface area contributed by atoms with Crippen LogP contribution < -0.4 is 10.1 Å². The first kappa shape index (κ1) is 22.2. The summed E-state index contributed by atoms with van der Waals surface area (Å²) in [5, 5.41) is 3.59. The summed E-state index contributed by atoms with van der Waals surface area (Å²) in [6.07, 6.45) is 3.64. The summed E-state index contributed by atoms with van der Waals surface area (Å²) >= 11 is 0. The van der Waals surface area contributed by atoms with E-state index < -0.39 is 0 Å². The lowest BCUT2D eigenvalue weighted by molar-refractivity contribution is 0.352. The van der Waals surface area contributed by atoms with Crippen molar-refractivity contribution in [3.05, 3.63) is 95.6 Å². The fourth-order valence-corrected chi connectivity index (χ4v) is 4.56. The van der Waals surface area contributed by atoms with E-state index in [1.165, 1.54) is 59.5 Å². The largest absolute Gasteiger partial charge is 0.497 e. The van der Waals surface area contributed by atoms with E-state index in [1.807, 2.05) is 12.1 Å². The Kier molecular flexibility index (Phi) is 7.63. The van der Waals surface area contributed by atoms with Crippen molar-refractivity contribution in [2.45, 2.75) is 26.2 Å². The number of ether oxygens (including phenoxy) is 1. The third kappa shape index (κ3) is 5.41. The monoisotopic (exact) mass is 426 g/mol. The lowest BCUT2D eigenvalue weighted by atomic mass is 9.88. The highest BCUT2D eigenvalue weighted by Gasteiger charge is 2.14. The predicted molar refractivity (Wildman–Crippen MR) is 136 cm³/mol. The number of nitrogens with zero attached hydrogens (tertiary/aromatic N) is 1. The van der Waals surface area contributed by atoms with E-state index in [2.05, 4.69) is 83.9 Å². The van der Waals surface area contributed by atoms with Gasteiger partial charge in [0.2, 0.25) is 0 Å². The second-order valence-electron chi connectivity index (χ2n) is 8.35. The van der Waals surface area contributed by atoms with E-state index in [1.54, 1.807) is 7.11 Å². The average Bonchev–Trinajstić information content (AvgIpc) is 3.37. The highest BCUT2D eigenvalue weighted by Crippen LogP contribution is 2.35. The Bertz CT molecular complexity index is 1000. The Labute approximate surface area is 192 Å². The molecule has 3 heteroatoms.